The Morgan fingerprint density at radius 3 is 2.78 bits per heavy atom. The van der Waals surface area contributed by atoms with Gasteiger partial charge < -0.3 is 11.1 Å². The largest absolute Gasteiger partial charge is 0.397 e. The van der Waals surface area contributed by atoms with Crippen LogP contribution in [0.1, 0.15) is 17.4 Å². The van der Waals surface area contributed by atoms with E-state index in [1.807, 2.05) is 11.4 Å². The standard InChI is InChI=1S/C13H14F2N2S/c1-2-8-5-6-18-11(8)7-17-13-10(16)4-3-9(14)12(13)15/h3-6,17H,2,7,16H2,1H3. The fourth-order valence-corrected chi connectivity index (χ4v) is 2.67. The van der Waals surface area contributed by atoms with E-state index < -0.39 is 11.6 Å². The molecule has 96 valence electrons. The van der Waals surface area contributed by atoms with Gasteiger partial charge in [-0.25, -0.2) is 8.78 Å². The van der Waals surface area contributed by atoms with Gasteiger partial charge >= 0.3 is 0 Å². The molecule has 0 unspecified atom stereocenters. The summed E-state index contributed by atoms with van der Waals surface area (Å²) in [7, 11) is 0. The third-order valence-electron chi connectivity index (χ3n) is 2.77. The number of thiophene rings is 1. The van der Waals surface area contributed by atoms with E-state index in [4.69, 9.17) is 5.73 Å². The van der Waals surface area contributed by atoms with Crippen LogP contribution in [0.3, 0.4) is 0 Å². The average Bonchev–Trinajstić information content (AvgIpc) is 2.81. The highest BCUT2D eigenvalue weighted by Crippen LogP contribution is 2.26. The second-order valence-corrected chi connectivity index (χ2v) is 4.90. The van der Waals surface area contributed by atoms with Crippen molar-refractivity contribution in [2.75, 3.05) is 11.1 Å². The van der Waals surface area contributed by atoms with Crippen molar-refractivity contribution in [1.82, 2.24) is 0 Å². The normalized spacial score (nSPS) is 10.6. The monoisotopic (exact) mass is 268 g/mol. The first-order valence-electron chi connectivity index (χ1n) is 5.66. The minimum atomic E-state index is -0.926. The maximum Gasteiger partial charge on any atom is 0.183 e. The summed E-state index contributed by atoms with van der Waals surface area (Å²) < 4.78 is 26.7. The molecular formula is C13H14F2N2S. The summed E-state index contributed by atoms with van der Waals surface area (Å²) in [6.07, 6.45) is 0.918. The molecule has 3 N–H and O–H groups in total. The zero-order valence-electron chi connectivity index (χ0n) is 9.97. The molecule has 0 amide bonds. The number of nitrogen functional groups attached to an aromatic ring is 1. The summed E-state index contributed by atoms with van der Waals surface area (Å²) in [6, 6.07) is 4.42. The van der Waals surface area contributed by atoms with Gasteiger partial charge in [0.1, 0.15) is 0 Å². The molecule has 0 fully saturated rings. The molecule has 1 aromatic carbocycles. The van der Waals surface area contributed by atoms with Gasteiger partial charge in [-0.1, -0.05) is 6.92 Å². The first-order valence-corrected chi connectivity index (χ1v) is 6.54. The Balaban J connectivity index is 2.18. The Bertz CT molecular complexity index is 552. The third-order valence-corrected chi connectivity index (χ3v) is 3.73. The van der Waals surface area contributed by atoms with Crippen molar-refractivity contribution in [2.45, 2.75) is 19.9 Å². The number of aryl methyl sites for hydroxylation is 1. The van der Waals surface area contributed by atoms with Gasteiger partial charge in [-0.05, 0) is 35.6 Å². The van der Waals surface area contributed by atoms with E-state index in [2.05, 4.69) is 12.2 Å². The summed E-state index contributed by atoms with van der Waals surface area (Å²) >= 11 is 1.59. The number of nitrogens with two attached hydrogens (primary N) is 1. The van der Waals surface area contributed by atoms with E-state index in [1.165, 1.54) is 11.6 Å². The molecule has 2 nitrogen and oxygen atoms in total. The van der Waals surface area contributed by atoms with Crippen LogP contribution in [0.4, 0.5) is 20.2 Å². The van der Waals surface area contributed by atoms with Gasteiger partial charge in [0.2, 0.25) is 0 Å². The Morgan fingerprint density at radius 1 is 1.28 bits per heavy atom. The van der Waals surface area contributed by atoms with E-state index in [-0.39, 0.29) is 11.4 Å². The number of hydrogen-bond donors (Lipinski definition) is 2. The Morgan fingerprint density at radius 2 is 2.06 bits per heavy atom. The first kappa shape index (κ1) is 12.8. The summed E-state index contributed by atoms with van der Waals surface area (Å²) in [6.45, 7) is 2.51. The van der Waals surface area contributed by atoms with Crippen LogP contribution in [-0.2, 0) is 13.0 Å². The maximum atomic E-state index is 13.6. The molecule has 0 bridgehead atoms. The minimum Gasteiger partial charge on any atom is -0.397 e. The van der Waals surface area contributed by atoms with Crippen LogP contribution in [0.5, 0.6) is 0 Å². The van der Waals surface area contributed by atoms with Gasteiger partial charge in [0.25, 0.3) is 0 Å². The average molecular weight is 268 g/mol. The molecule has 0 radical (unpaired) electrons. The van der Waals surface area contributed by atoms with Gasteiger partial charge in [-0.15, -0.1) is 11.3 Å². The predicted molar refractivity (Wildman–Crippen MR) is 71.8 cm³/mol. The lowest BCUT2D eigenvalue weighted by Crippen LogP contribution is -2.06. The van der Waals surface area contributed by atoms with Gasteiger partial charge in [-0.3, -0.25) is 0 Å². The highest BCUT2D eigenvalue weighted by atomic mass is 32.1. The second kappa shape index (κ2) is 5.35. The Hall–Kier alpha value is -1.62. The van der Waals surface area contributed by atoms with Gasteiger partial charge in [0, 0.05) is 11.4 Å². The Kier molecular flexibility index (Phi) is 3.81. The van der Waals surface area contributed by atoms with Crippen LogP contribution in [0.15, 0.2) is 23.6 Å². The van der Waals surface area contributed by atoms with Gasteiger partial charge in [0.15, 0.2) is 11.6 Å². The van der Waals surface area contributed by atoms with Crippen LogP contribution in [0.2, 0.25) is 0 Å². The van der Waals surface area contributed by atoms with E-state index in [1.54, 1.807) is 11.3 Å². The Labute approximate surface area is 108 Å². The molecule has 18 heavy (non-hydrogen) atoms. The highest BCUT2D eigenvalue weighted by molar-refractivity contribution is 7.10. The number of anilines is 2. The second-order valence-electron chi connectivity index (χ2n) is 3.90. The van der Waals surface area contributed by atoms with E-state index in [0.29, 0.717) is 6.54 Å². The molecule has 0 atom stereocenters. The molecule has 0 saturated heterocycles. The molecular weight excluding hydrogens is 254 g/mol. The number of benzene rings is 1. The highest BCUT2D eigenvalue weighted by Gasteiger charge is 2.12. The van der Waals surface area contributed by atoms with Crippen LogP contribution in [0.25, 0.3) is 0 Å². The quantitative estimate of drug-likeness (QED) is 0.828. The molecule has 0 spiro atoms. The lowest BCUT2D eigenvalue weighted by atomic mass is 10.2. The van der Waals surface area contributed by atoms with E-state index >= 15 is 0 Å². The van der Waals surface area contributed by atoms with E-state index in [0.717, 1.165) is 17.4 Å². The van der Waals surface area contributed by atoms with Crippen molar-refractivity contribution in [1.29, 1.82) is 0 Å². The predicted octanol–water partition coefficient (Wildman–Crippen LogP) is 3.78. The molecule has 2 rings (SSSR count). The van der Waals surface area contributed by atoms with E-state index in [9.17, 15) is 8.78 Å². The van der Waals surface area contributed by atoms with Crippen molar-refractivity contribution < 1.29 is 8.78 Å². The molecule has 0 saturated carbocycles. The summed E-state index contributed by atoms with van der Waals surface area (Å²) in [5.41, 5.74) is 7.09. The number of halogens is 2. The third kappa shape index (κ3) is 2.46. The molecule has 0 aliphatic carbocycles. The zero-order chi connectivity index (χ0) is 13.1. The lowest BCUT2D eigenvalue weighted by molar-refractivity contribution is 0.511. The fourth-order valence-electron chi connectivity index (χ4n) is 1.75. The molecule has 0 aliphatic rings. The molecule has 1 heterocycles. The molecule has 2 aromatic rings. The molecule has 1 aromatic heterocycles. The summed E-state index contributed by atoms with van der Waals surface area (Å²) in [5.74, 6) is -1.82. The smallest absolute Gasteiger partial charge is 0.183 e. The minimum absolute atomic E-state index is 0.0328. The van der Waals surface area contributed by atoms with Gasteiger partial charge in [-0.2, -0.15) is 0 Å². The molecule has 5 heteroatoms. The van der Waals surface area contributed by atoms with Crippen LogP contribution in [0, 0.1) is 11.6 Å². The topological polar surface area (TPSA) is 38.0 Å². The first-order chi connectivity index (χ1) is 8.63. The van der Waals surface area contributed by atoms with Crippen molar-refractivity contribution >= 4 is 22.7 Å². The SMILES string of the molecule is CCc1ccsc1CNc1c(N)ccc(F)c1F. The van der Waals surface area contributed by atoms with Gasteiger partial charge in [0.05, 0.1) is 11.4 Å². The number of nitrogens with one attached hydrogen (secondary N) is 1. The summed E-state index contributed by atoms with van der Waals surface area (Å²) in [4.78, 5) is 1.11. The van der Waals surface area contributed by atoms with Crippen molar-refractivity contribution in [3.8, 4) is 0 Å². The maximum absolute atomic E-state index is 13.6. The lowest BCUT2D eigenvalue weighted by Gasteiger charge is -2.10. The van der Waals surface area contributed by atoms with Crippen molar-refractivity contribution in [3.05, 3.63) is 45.7 Å². The zero-order valence-corrected chi connectivity index (χ0v) is 10.8. The summed E-state index contributed by atoms with van der Waals surface area (Å²) in [5, 5.41) is 4.86. The molecule has 0 aliphatic heterocycles. The number of hydrogen-bond acceptors (Lipinski definition) is 3. The van der Waals surface area contributed by atoms with Crippen LogP contribution < -0.4 is 11.1 Å². The fraction of sp³-hybridized carbons (Fsp3) is 0.231. The van der Waals surface area contributed by atoms with Crippen molar-refractivity contribution in [3.63, 3.8) is 0 Å². The number of rotatable bonds is 4. The van der Waals surface area contributed by atoms with Crippen molar-refractivity contribution in [2.24, 2.45) is 0 Å². The van der Waals surface area contributed by atoms with Crippen LogP contribution >= 0.6 is 11.3 Å². The van der Waals surface area contributed by atoms with Crippen LogP contribution in [-0.4, -0.2) is 0 Å².